The number of carbonyl (C=O) groups excluding carboxylic acids is 3. The van der Waals surface area contributed by atoms with E-state index < -0.39 is 29.3 Å². The third-order valence-electron chi connectivity index (χ3n) is 5.51. The molecule has 0 aromatic heterocycles. The van der Waals surface area contributed by atoms with Crippen LogP contribution in [-0.4, -0.2) is 46.5 Å². The molecule has 0 aliphatic rings. The highest BCUT2D eigenvalue weighted by Gasteiger charge is 2.39. The number of rotatable bonds is 9. The van der Waals surface area contributed by atoms with E-state index in [-0.39, 0.29) is 17.7 Å². The van der Waals surface area contributed by atoms with Gasteiger partial charge in [-0.25, -0.2) is 4.79 Å². The maximum absolute atomic E-state index is 14.1. The van der Waals surface area contributed by atoms with E-state index in [1.54, 1.807) is 25.7 Å². The summed E-state index contributed by atoms with van der Waals surface area (Å²) >= 11 is 0. The van der Waals surface area contributed by atoms with Crippen molar-refractivity contribution in [1.29, 1.82) is 0 Å². The lowest BCUT2D eigenvalue weighted by Crippen LogP contribution is -2.56. The largest absolute Gasteiger partial charge is 0.444 e. The van der Waals surface area contributed by atoms with Gasteiger partial charge in [0.25, 0.3) is 0 Å². The minimum atomic E-state index is -0.837. The van der Waals surface area contributed by atoms with Crippen molar-refractivity contribution in [2.75, 3.05) is 6.54 Å². The molecule has 3 amide bonds. The first-order chi connectivity index (χ1) is 16.0. The molecular weight excluding hydrogens is 442 g/mol. The van der Waals surface area contributed by atoms with E-state index in [0.29, 0.717) is 6.54 Å². The van der Waals surface area contributed by atoms with Gasteiger partial charge in [-0.3, -0.25) is 9.59 Å². The van der Waals surface area contributed by atoms with Crippen molar-refractivity contribution in [1.82, 2.24) is 15.5 Å². The Hall–Kier alpha value is -2.57. The summed E-state index contributed by atoms with van der Waals surface area (Å²) in [6.07, 6.45) is 0.936. The normalized spacial score (nSPS) is 13.7. The summed E-state index contributed by atoms with van der Waals surface area (Å²) < 4.78 is 5.43. The SMILES string of the molecule is CCCCN(C(=O)C(NC(=O)OC(C)(C)C)C(C)C)C(C(=O)NC(C)(C)C)c1c(C)cccc1C. The second kappa shape index (κ2) is 12.4. The minimum absolute atomic E-state index is 0.205. The number of ether oxygens (including phenoxy) is 1. The van der Waals surface area contributed by atoms with Crippen LogP contribution in [0.25, 0.3) is 0 Å². The molecule has 198 valence electrons. The lowest BCUT2D eigenvalue weighted by Gasteiger charge is -2.38. The topological polar surface area (TPSA) is 87.7 Å². The highest BCUT2D eigenvalue weighted by molar-refractivity contribution is 5.93. The molecule has 1 aromatic rings. The maximum Gasteiger partial charge on any atom is 0.408 e. The first-order valence-electron chi connectivity index (χ1n) is 12.7. The Balaban J connectivity index is 3.59. The number of hydrogen-bond acceptors (Lipinski definition) is 4. The molecule has 0 saturated carbocycles. The van der Waals surface area contributed by atoms with E-state index in [1.165, 1.54) is 0 Å². The summed E-state index contributed by atoms with van der Waals surface area (Å²) in [4.78, 5) is 42.1. The molecule has 0 heterocycles. The van der Waals surface area contributed by atoms with Gasteiger partial charge in [0.1, 0.15) is 17.7 Å². The first kappa shape index (κ1) is 30.5. The van der Waals surface area contributed by atoms with E-state index >= 15 is 0 Å². The average Bonchev–Trinajstić information content (AvgIpc) is 2.67. The van der Waals surface area contributed by atoms with Gasteiger partial charge in [0.2, 0.25) is 11.8 Å². The summed E-state index contributed by atoms with van der Waals surface area (Å²) in [5, 5.41) is 5.85. The number of benzene rings is 1. The maximum atomic E-state index is 14.1. The second-order valence-corrected chi connectivity index (χ2v) is 11.7. The van der Waals surface area contributed by atoms with Gasteiger partial charge in [-0.2, -0.15) is 0 Å². The first-order valence-corrected chi connectivity index (χ1v) is 12.7. The van der Waals surface area contributed by atoms with Crippen LogP contribution < -0.4 is 10.6 Å². The molecule has 2 unspecified atom stereocenters. The highest BCUT2D eigenvalue weighted by atomic mass is 16.6. The molecule has 2 N–H and O–H groups in total. The van der Waals surface area contributed by atoms with Crippen LogP contribution in [0.3, 0.4) is 0 Å². The van der Waals surface area contributed by atoms with E-state index in [1.807, 2.05) is 73.6 Å². The van der Waals surface area contributed by atoms with Gasteiger partial charge in [-0.1, -0.05) is 45.4 Å². The zero-order valence-corrected chi connectivity index (χ0v) is 23.7. The molecule has 35 heavy (non-hydrogen) atoms. The fourth-order valence-corrected chi connectivity index (χ4v) is 3.95. The monoisotopic (exact) mass is 489 g/mol. The molecule has 0 fully saturated rings. The molecule has 7 nitrogen and oxygen atoms in total. The Morgan fingerprint density at radius 2 is 1.54 bits per heavy atom. The van der Waals surface area contributed by atoms with E-state index in [9.17, 15) is 14.4 Å². The van der Waals surface area contributed by atoms with Gasteiger partial charge in [-0.15, -0.1) is 0 Å². The number of amides is 3. The minimum Gasteiger partial charge on any atom is -0.444 e. The summed E-state index contributed by atoms with van der Waals surface area (Å²) in [7, 11) is 0. The van der Waals surface area contributed by atoms with Gasteiger partial charge >= 0.3 is 6.09 Å². The predicted octanol–water partition coefficient (Wildman–Crippen LogP) is 5.44. The number of aryl methyl sites for hydroxylation is 2. The third-order valence-corrected chi connectivity index (χ3v) is 5.51. The third kappa shape index (κ3) is 9.54. The van der Waals surface area contributed by atoms with Crippen LogP contribution in [0.4, 0.5) is 4.79 Å². The Morgan fingerprint density at radius 3 is 1.97 bits per heavy atom. The fourth-order valence-electron chi connectivity index (χ4n) is 3.95. The summed E-state index contributed by atoms with van der Waals surface area (Å²) in [6, 6.07) is 4.21. The van der Waals surface area contributed by atoms with Crippen molar-refractivity contribution in [2.24, 2.45) is 5.92 Å². The van der Waals surface area contributed by atoms with Crippen LogP contribution in [0.2, 0.25) is 0 Å². The number of unbranched alkanes of at least 4 members (excludes halogenated alkanes) is 1. The van der Waals surface area contributed by atoms with Crippen molar-refractivity contribution in [3.63, 3.8) is 0 Å². The van der Waals surface area contributed by atoms with Crippen molar-refractivity contribution in [3.8, 4) is 0 Å². The van der Waals surface area contributed by atoms with Crippen LogP contribution in [0.1, 0.15) is 97.9 Å². The Labute approximate surface area is 212 Å². The Bertz CT molecular complexity index is 861. The molecule has 2 atom stereocenters. The lowest BCUT2D eigenvalue weighted by atomic mass is 9.92. The van der Waals surface area contributed by atoms with E-state index in [4.69, 9.17) is 4.74 Å². The zero-order valence-electron chi connectivity index (χ0n) is 23.7. The average molecular weight is 490 g/mol. The second-order valence-electron chi connectivity index (χ2n) is 11.7. The molecule has 0 aliphatic heterocycles. The molecule has 0 radical (unpaired) electrons. The molecule has 1 aromatic carbocycles. The lowest BCUT2D eigenvalue weighted by molar-refractivity contribution is -0.144. The van der Waals surface area contributed by atoms with E-state index in [2.05, 4.69) is 10.6 Å². The Morgan fingerprint density at radius 1 is 1.00 bits per heavy atom. The summed E-state index contributed by atoms with van der Waals surface area (Å²) in [6.45, 7) is 21.2. The molecular formula is C28H47N3O4. The van der Waals surface area contributed by atoms with Gasteiger partial charge in [0, 0.05) is 12.1 Å². The van der Waals surface area contributed by atoms with Gasteiger partial charge in [-0.05, 0) is 84.4 Å². The predicted molar refractivity (Wildman–Crippen MR) is 141 cm³/mol. The highest BCUT2D eigenvalue weighted by Crippen LogP contribution is 2.30. The molecule has 0 bridgehead atoms. The van der Waals surface area contributed by atoms with Crippen molar-refractivity contribution < 1.29 is 19.1 Å². The summed E-state index contributed by atoms with van der Waals surface area (Å²) in [5.74, 6) is -0.737. The van der Waals surface area contributed by atoms with Crippen molar-refractivity contribution in [3.05, 3.63) is 34.9 Å². The van der Waals surface area contributed by atoms with Crippen LogP contribution in [0, 0.1) is 19.8 Å². The van der Waals surface area contributed by atoms with Crippen molar-refractivity contribution >= 4 is 17.9 Å². The quantitative estimate of drug-likeness (QED) is 0.484. The van der Waals surface area contributed by atoms with Crippen LogP contribution in [0.15, 0.2) is 18.2 Å². The molecule has 0 saturated heterocycles. The molecule has 7 heteroatoms. The molecule has 0 aliphatic carbocycles. The molecule has 0 spiro atoms. The van der Waals surface area contributed by atoms with Gasteiger partial charge < -0.3 is 20.3 Å². The number of nitrogens with zero attached hydrogens (tertiary/aromatic N) is 1. The number of nitrogens with one attached hydrogen (secondary N) is 2. The van der Waals surface area contributed by atoms with Gasteiger partial charge in [0.15, 0.2) is 0 Å². The molecule has 1 rings (SSSR count). The summed E-state index contributed by atoms with van der Waals surface area (Å²) in [5.41, 5.74) is 1.53. The zero-order chi connectivity index (χ0) is 27.1. The Kier molecular flexibility index (Phi) is 10.8. The number of alkyl carbamates (subject to hydrolysis) is 1. The van der Waals surface area contributed by atoms with Crippen molar-refractivity contribution in [2.45, 2.75) is 112 Å². The van der Waals surface area contributed by atoms with Crippen LogP contribution in [0.5, 0.6) is 0 Å². The fraction of sp³-hybridized carbons (Fsp3) is 0.679. The van der Waals surface area contributed by atoms with Gasteiger partial charge in [0.05, 0.1) is 0 Å². The van der Waals surface area contributed by atoms with E-state index in [0.717, 1.165) is 29.5 Å². The number of carbonyl (C=O) groups is 3. The smallest absolute Gasteiger partial charge is 0.408 e. The standard InChI is InChI=1S/C28H47N3O4/c1-12-13-17-31(25(33)22(18(2)3)29-26(34)35-28(9,10)11)23(24(32)30-27(6,7)8)21-19(4)15-14-16-20(21)5/h14-16,18,22-23H,12-13,17H2,1-11H3,(H,29,34)(H,30,32). The van der Waals surface area contributed by atoms with Crippen LogP contribution in [-0.2, 0) is 14.3 Å². The number of hydrogen-bond donors (Lipinski definition) is 2. The van der Waals surface area contributed by atoms with Crippen LogP contribution >= 0.6 is 0 Å².